The Morgan fingerprint density at radius 2 is 1.90 bits per heavy atom. The first kappa shape index (κ1) is 13.3. The molecular formula is C14H12F2N4O. The number of fused-ring (bicyclic) bond motifs is 1. The van der Waals surface area contributed by atoms with Crippen LogP contribution in [0.5, 0.6) is 5.75 Å². The summed E-state index contributed by atoms with van der Waals surface area (Å²) >= 11 is 0. The summed E-state index contributed by atoms with van der Waals surface area (Å²) in [6, 6.07) is 7.99. The molecule has 2 aromatic heterocycles. The molecule has 21 heavy (non-hydrogen) atoms. The zero-order chi connectivity index (χ0) is 15.0. The Labute approximate surface area is 119 Å². The van der Waals surface area contributed by atoms with Crippen molar-refractivity contribution in [1.29, 1.82) is 0 Å². The number of anilines is 1. The number of aryl methyl sites for hydroxylation is 1. The predicted octanol–water partition coefficient (Wildman–Crippen LogP) is 2.91. The van der Waals surface area contributed by atoms with E-state index in [0.29, 0.717) is 16.9 Å². The maximum absolute atomic E-state index is 12.1. The standard InChI is InChI=1S/C14H12F2N4O/c1-8-6-7-18-12-11(8)19-14(17)20(12)9-2-4-10(5-3-9)21-13(15)16/h2-7,13H,1H3,(H2,17,19). The SMILES string of the molecule is Cc1ccnc2c1nc(N)n2-c1ccc(OC(F)F)cc1. The van der Waals surface area contributed by atoms with E-state index in [0.717, 1.165) is 5.56 Å². The molecule has 0 saturated heterocycles. The summed E-state index contributed by atoms with van der Waals surface area (Å²) in [7, 11) is 0. The Hall–Kier alpha value is -2.70. The third-order valence-corrected chi connectivity index (χ3v) is 3.09. The van der Waals surface area contributed by atoms with E-state index < -0.39 is 6.61 Å². The molecule has 0 radical (unpaired) electrons. The van der Waals surface area contributed by atoms with Crippen molar-refractivity contribution in [3.63, 3.8) is 0 Å². The smallest absolute Gasteiger partial charge is 0.387 e. The monoisotopic (exact) mass is 290 g/mol. The van der Waals surface area contributed by atoms with Crippen LogP contribution in [0.1, 0.15) is 5.56 Å². The number of alkyl halides is 2. The predicted molar refractivity (Wildman–Crippen MR) is 74.6 cm³/mol. The molecule has 0 fully saturated rings. The first-order valence-electron chi connectivity index (χ1n) is 6.21. The average molecular weight is 290 g/mol. The van der Waals surface area contributed by atoms with Crippen LogP contribution in [0.2, 0.25) is 0 Å². The number of nitrogens with two attached hydrogens (primary N) is 1. The largest absolute Gasteiger partial charge is 0.435 e. The van der Waals surface area contributed by atoms with Gasteiger partial charge in [0.2, 0.25) is 5.95 Å². The first-order chi connectivity index (χ1) is 10.1. The Balaban J connectivity index is 2.08. The van der Waals surface area contributed by atoms with Gasteiger partial charge in [0.15, 0.2) is 5.65 Å². The van der Waals surface area contributed by atoms with Gasteiger partial charge in [-0.15, -0.1) is 0 Å². The third kappa shape index (κ3) is 2.37. The summed E-state index contributed by atoms with van der Waals surface area (Å²) in [4.78, 5) is 8.57. The molecule has 3 aromatic rings. The molecule has 2 N–H and O–H groups in total. The van der Waals surface area contributed by atoms with Gasteiger partial charge in [0, 0.05) is 6.20 Å². The molecule has 5 nitrogen and oxygen atoms in total. The fourth-order valence-corrected chi connectivity index (χ4v) is 2.14. The van der Waals surface area contributed by atoms with Crippen LogP contribution >= 0.6 is 0 Å². The van der Waals surface area contributed by atoms with Crippen molar-refractivity contribution in [2.24, 2.45) is 0 Å². The first-order valence-corrected chi connectivity index (χ1v) is 6.21. The van der Waals surface area contributed by atoms with Gasteiger partial charge in [0.25, 0.3) is 0 Å². The van der Waals surface area contributed by atoms with E-state index in [1.54, 1.807) is 22.9 Å². The Morgan fingerprint density at radius 3 is 2.57 bits per heavy atom. The highest BCUT2D eigenvalue weighted by molar-refractivity contribution is 5.79. The van der Waals surface area contributed by atoms with E-state index in [2.05, 4.69) is 14.7 Å². The van der Waals surface area contributed by atoms with Crippen LogP contribution in [0.25, 0.3) is 16.9 Å². The van der Waals surface area contributed by atoms with Gasteiger partial charge >= 0.3 is 6.61 Å². The lowest BCUT2D eigenvalue weighted by Crippen LogP contribution is -2.03. The highest BCUT2D eigenvalue weighted by Crippen LogP contribution is 2.25. The van der Waals surface area contributed by atoms with Crippen LogP contribution in [-0.2, 0) is 0 Å². The number of rotatable bonds is 3. The number of benzene rings is 1. The Kier molecular flexibility index (Phi) is 3.17. The number of pyridine rings is 1. The van der Waals surface area contributed by atoms with Crippen LogP contribution in [0, 0.1) is 6.92 Å². The molecule has 0 bridgehead atoms. The fourth-order valence-electron chi connectivity index (χ4n) is 2.14. The zero-order valence-corrected chi connectivity index (χ0v) is 11.1. The van der Waals surface area contributed by atoms with Gasteiger partial charge in [0.1, 0.15) is 11.3 Å². The van der Waals surface area contributed by atoms with Crippen LogP contribution in [-0.4, -0.2) is 21.1 Å². The van der Waals surface area contributed by atoms with Gasteiger partial charge in [-0.1, -0.05) is 0 Å². The highest BCUT2D eigenvalue weighted by Gasteiger charge is 2.13. The number of halogens is 2. The van der Waals surface area contributed by atoms with E-state index in [4.69, 9.17) is 5.73 Å². The molecule has 7 heteroatoms. The van der Waals surface area contributed by atoms with Crippen molar-refractivity contribution < 1.29 is 13.5 Å². The minimum atomic E-state index is -2.85. The maximum Gasteiger partial charge on any atom is 0.387 e. The average Bonchev–Trinajstić information content (AvgIpc) is 2.77. The summed E-state index contributed by atoms with van der Waals surface area (Å²) in [6.45, 7) is -0.931. The number of hydrogen-bond donors (Lipinski definition) is 1. The molecule has 0 spiro atoms. The summed E-state index contributed by atoms with van der Waals surface area (Å²) in [5.41, 5.74) is 8.90. The van der Waals surface area contributed by atoms with Crippen LogP contribution in [0.4, 0.5) is 14.7 Å². The Morgan fingerprint density at radius 1 is 1.19 bits per heavy atom. The summed E-state index contributed by atoms with van der Waals surface area (Å²) in [5.74, 6) is 0.371. The highest BCUT2D eigenvalue weighted by atomic mass is 19.3. The lowest BCUT2D eigenvalue weighted by atomic mass is 10.2. The second-order valence-corrected chi connectivity index (χ2v) is 4.48. The molecule has 3 rings (SSSR count). The molecule has 0 aliphatic rings. The molecule has 0 atom stereocenters. The van der Waals surface area contributed by atoms with Crippen molar-refractivity contribution in [2.45, 2.75) is 13.5 Å². The number of aromatic nitrogens is 3. The lowest BCUT2D eigenvalue weighted by molar-refractivity contribution is -0.0498. The number of hydrogen-bond acceptors (Lipinski definition) is 4. The molecular weight excluding hydrogens is 278 g/mol. The van der Waals surface area contributed by atoms with Crippen LogP contribution in [0.3, 0.4) is 0 Å². The minimum absolute atomic E-state index is 0.0842. The lowest BCUT2D eigenvalue weighted by Gasteiger charge is -2.08. The fraction of sp³-hybridized carbons (Fsp3) is 0.143. The number of nitrogen functional groups attached to an aromatic ring is 1. The maximum atomic E-state index is 12.1. The number of imidazole rings is 1. The van der Waals surface area contributed by atoms with E-state index in [1.165, 1.54) is 12.1 Å². The molecule has 0 unspecified atom stereocenters. The van der Waals surface area contributed by atoms with E-state index in [9.17, 15) is 8.78 Å². The second-order valence-electron chi connectivity index (χ2n) is 4.48. The van der Waals surface area contributed by atoms with Crippen LogP contribution in [0.15, 0.2) is 36.5 Å². The van der Waals surface area contributed by atoms with Gasteiger partial charge in [-0.2, -0.15) is 8.78 Å². The van der Waals surface area contributed by atoms with Crippen molar-refractivity contribution in [2.75, 3.05) is 5.73 Å². The van der Waals surface area contributed by atoms with Crippen molar-refractivity contribution in [3.8, 4) is 11.4 Å². The summed E-state index contributed by atoms with van der Waals surface area (Å²) in [6.07, 6.45) is 1.67. The van der Waals surface area contributed by atoms with Gasteiger partial charge < -0.3 is 10.5 Å². The third-order valence-electron chi connectivity index (χ3n) is 3.09. The molecule has 0 amide bonds. The van der Waals surface area contributed by atoms with Crippen LogP contribution < -0.4 is 10.5 Å². The molecule has 2 heterocycles. The van der Waals surface area contributed by atoms with E-state index >= 15 is 0 Å². The zero-order valence-electron chi connectivity index (χ0n) is 11.1. The van der Waals surface area contributed by atoms with Crippen molar-refractivity contribution in [3.05, 3.63) is 42.1 Å². The Bertz CT molecular complexity index is 784. The quantitative estimate of drug-likeness (QED) is 0.805. The molecule has 1 aromatic carbocycles. The topological polar surface area (TPSA) is 66.0 Å². The van der Waals surface area contributed by atoms with E-state index in [1.807, 2.05) is 13.0 Å². The number of nitrogens with zero attached hydrogens (tertiary/aromatic N) is 3. The molecule has 108 valence electrons. The van der Waals surface area contributed by atoms with Crippen molar-refractivity contribution in [1.82, 2.24) is 14.5 Å². The van der Waals surface area contributed by atoms with Gasteiger partial charge in [0.05, 0.1) is 5.69 Å². The van der Waals surface area contributed by atoms with Gasteiger partial charge in [-0.25, -0.2) is 9.97 Å². The summed E-state index contributed by atoms with van der Waals surface area (Å²) < 4.78 is 30.3. The van der Waals surface area contributed by atoms with Crippen molar-refractivity contribution >= 4 is 17.1 Å². The molecule has 0 saturated carbocycles. The minimum Gasteiger partial charge on any atom is -0.435 e. The molecule has 0 aliphatic heterocycles. The normalized spacial score (nSPS) is 11.2. The van der Waals surface area contributed by atoms with E-state index in [-0.39, 0.29) is 11.7 Å². The second kappa shape index (κ2) is 5.01. The number of ether oxygens (including phenoxy) is 1. The molecule has 0 aliphatic carbocycles. The van der Waals surface area contributed by atoms with Gasteiger partial charge in [-0.3, -0.25) is 4.57 Å². The van der Waals surface area contributed by atoms with Gasteiger partial charge in [-0.05, 0) is 42.8 Å². The summed E-state index contributed by atoms with van der Waals surface area (Å²) in [5, 5.41) is 0.